The molecular weight excluding hydrogens is 374 g/mol. The van der Waals surface area contributed by atoms with Gasteiger partial charge >= 0.3 is 12.0 Å². The quantitative estimate of drug-likeness (QED) is 0.582. The van der Waals surface area contributed by atoms with Gasteiger partial charge in [0.2, 0.25) is 5.91 Å². The van der Waals surface area contributed by atoms with Crippen molar-refractivity contribution < 1.29 is 23.9 Å². The van der Waals surface area contributed by atoms with Crippen LogP contribution < -0.4 is 5.32 Å². The number of ether oxygens (including phenoxy) is 1. The molecule has 2 fully saturated rings. The first-order valence-electron chi connectivity index (χ1n) is 10.1. The van der Waals surface area contributed by atoms with Gasteiger partial charge in [0.25, 0.3) is 5.91 Å². The fourth-order valence-corrected chi connectivity index (χ4v) is 3.77. The van der Waals surface area contributed by atoms with Gasteiger partial charge in [0.05, 0.1) is 18.7 Å². The molecule has 0 saturated carbocycles. The van der Waals surface area contributed by atoms with Crippen LogP contribution in [0.15, 0.2) is 24.3 Å². The minimum absolute atomic E-state index is 0.00503. The van der Waals surface area contributed by atoms with Crippen LogP contribution in [0.4, 0.5) is 4.79 Å². The van der Waals surface area contributed by atoms with Crippen LogP contribution in [0.25, 0.3) is 0 Å². The number of likely N-dealkylation sites (tertiary alicyclic amines) is 1. The van der Waals surface area contributed by atoms with Gasteiger partial charge in [0.15, 0.2) is 6.10 Å². The average Bonchev–Trinajstić information content (AvgIpc) is 3.05. The minimum atomic E-state index is -0.847. The maximum atomic E-state index is 12.7. The van der Waals surface area contributed by atoms with Crippen LogP contribution in [0.2, 0.25) is 0 Å². The molecule has 2 aliphatic rings. The summed E-state index contributed by atoms with van der Waals surface area (Å²) in [4.78, 5) is 51.4. The number of carbonyl (C=O) groups excluding carboxylic acids is 4. The van der Waals surface area contributed by atoms with Crippen molar-refractivity contribution >= 4 is 23.8 Å². The predicted molar refractivity (Wildman–Crippen MR) is 105 cm³/mol. The summed E-state index contributed by atoms with van der Waals surface area (Å²) in [5.74, 6) is -1.01. The van der Waals surface area contributed by atoms with Crippen LogP contribution in [-0.4, -0.2) is 58.8 Å². The summed E-state index contributed by atoms with van der Waals surface area (Å²) in [6.07, 6.45) is 3.13. The van der Waals surface area contributed by atoms with Gasteiger partial charge in [-0.2, -0.15) is 0 Å². The molecule has 4 amide bonds. The summed E-state index contributed by atoms with van der Waals surface area (Å²) in [5.41, 5.74) is 1.03. The highest BCUT2D eigenvalue weighted by atomic mass is 16.5. The molecule has 2 heterocycles. The van der Waals surface area contributed by atoms with Gasteiger partial charge in [-0.1, -0.05) is 19.1 Å². The van der Waals surface area contributed by atoms with E-state index in [1.165, 1.54) is 0 Å². The van der Waals surface area contributed by atoms with Crippen molar-refractivity contribution in [1.82, 2.24) is 15.1 Å². The summed E-state index contributed by atoms with van der Waals surface area (Å²) in [6.45, 7) is 4.52. The zero-order valence-corrected chi connectivity index (χ0v) is 16.8. The molecule has 0 aliphatic carbocycles. The van der Waals surface area contributed by atoms with Crippen molar-refractivity contribution in [2.75, 3.05) is 13.1 Å². The van der Waals surface area contributed by atoms with Crippen molar-refractivity contribution in [1.29, 1.82) is 0 Å². The smallest absolute Gasteiger partial charge is 0.338 e. The minimum Gasteiger partial charge on any atom is -0.449 e. The number of nitrogens with one attached hydrogen (secondary N) is 1. The van der Waals surface area contributed by atoms with Crippen molar-refractivity contribution in [3.63, 3.8) is 0 Å². The van der Waals surface area contributed by atoms with E-state index in [1.807, 2.05) is 4.90 Å². The first kappa shape index (κ1) is 20.8. The summed E-state index contributed by atoms with van der Waals surface area (Å²) < 4.78 is 5.39. The second-order valence-corrected chi connectivity index (χ2v) is 7.47. The standard InChI is InChI=1S/C21H27N3O5/c1-3-17-6-4-5-11-23(17)19(26)14(2)29-20(27)16-9-7-15(8-10-16)13-24-18(25)12-22-21(24)28/h7-10,14,17H,3-6,11-13H2,1-2H3,(H,22,28). The maximum absolute atomic E-state index is 12.7. The monoisotopic (exact) mass is 401 g/mol. The average molecular weight is 401 g/mol. The first-order chi connectivity index (χ1) is 13.9. The lowest BCUT2D eigenvalue weighted by Crippen LogP contribution is -2.48. The Hall–Kier alpha value is -2.90. The van der Waals surface area contributed by atoms with Gasteiger partial charge < -0.3 is 15.0 Å². The molecule has 1 aromatic rings. The van der Waals surface area contributed by atoms with Crippen LogP contribution >= 0.6 is 0 Å². The van der Waals surface area contributed by atoms with E-state index < -0.39 is 18.1 Å². The Kier molecular flexibility index (Phi) is 6.51. The van der Waals surface area contributed by atoms with E-state index in [9.17, 15) is 19.2 Å². The number of nitrogens with zero attached hydrogens (tertiary/aromatic N) is 2. The van der Waals surface area contributed by atoms with Gasteiger partial charge in [0.1, 0.15) is 0 Å². The number of benzene rings is 1. The predicted octanol–water partition coefficient (Wildman–Crippen LogP) is 2.07. The number of imide groups is 1. The van der Waals surface area contributed by atoms with Crippen LogP contribution in [0.3, 0.4) is 0 Å². The number of carbonyl (C=O) groups is 4. The highest BCUT2D eigenvalue weighted by Gasteiger charge is 2.31. The van der Waals surface area contributed by atoms with Gasteiger partial charge in [-0.3, -0.25) is 14.5 Å². The van der Waals surface area contributed by atoms with Crippen LogP contribution in [0.5, 0.6) is 0 Å². The van der Waals surface area contributed by atoms with Crippen LogP contribution in [-0.2, 0) is 20.9 Å². The van der Waals surface area contributed by atoms with Crippen molar-refractivity contribution in [3.8, 4) is 0 Å². The van der Waals surface area contributed by atoms with E-state index in [1.54, 1.807) is 31.2 Å². The van der Waals surface area contributed by atoms with Crippen molar-refractivity contribution in [3.05, 3.63) is 35.4 Å². The zero-order chi connectivity index (χ0) is 21.0. The molecule has 0 bridgehead atoms. The number of amides is 4. The third-order valence-corrected chi connectivity index (χ3v) is 5.48. The Morgan fingerprint density at radius 1 is 1.21 bits per heavy atom. The Labute approximate surface area is 170 Å². The Balaban J connectivity index is 1.58. The fourth-order valence-electron chi connectivity index (χ4n) is 3.77. The topological polar surface area (TPSA) is 96.0 Å². The number of rotatable bonds is 6. The summed E-state index contributed by atoms with van der Waals surface area (Å²) >= 11 is 0. The number of piperidine rings is 1. The second-order valence-electron chi connectivity index (χ2n) is 7.47. The van der Waals surface area contributed by atoms with Crippen LogP contribution in [0, 0.1) is 0 Å². The first-order valence-corrected chi connectivity index (χ1v) is 10.1. The van der Waals surface area contributed by atoms with E-state index in [0.29, 0.717) is 12.1 Å². The highest BCUT2D eigenvalue weighted by molar-refractivity contribution is 6.01. The normalized spacial score (nSPS) is 20.4. The largest absolute Gasteiger partial charge is 0.449 e. The van der Waals surface area contributed by atoms with E-state index in [4.69, 9.17) is 4.74 Å². The summed E-state index contributed by atoms with van der Waals surface area (Å²) in [7, 11) is 0. The number of hydrogen-bond donors (Lipinski definition) is 1. The number of hydrogen-bond acceptors (Lipinski definition) is 5. The van der Waals surface area contributed by atoms with E-state index in [2.05, 4.69) is 12.2 Å². The molecule has 2 aliphatic heterocycles. The Morgan fingerprint density at radius 2 is 1.93 bits per heavy atom. The number of esters is 1. The lowest BCUT2D eigenvalue weighted by molar-refractivity contribution is -0.143. The Morgan fingerprint density at radius 3 is 2.55 bits per heavy atom. The summed E-state index contributed by atoms with van der Waals surface area (Å²) in [5, 5.41) is 2.46. The van der Waals surface area contributed by atoms with E-state index in [0.717, 1.165) is 36.1 Å². The molecule has 0 spiro atoms. The SMILES string of the molecule is CCC1CCCCN1C(=O)C(C)OC(=O)c1ccc(CN2C(=O)CNC2=O)cc1. The lowest BCUT2D eigenvalue weighted by atomic mass is 9.99. The molecule has 2 unspecified atom stereocenters. The molecule has 1 aromatic carbocycles. The number of urea groups is 1. The molecule has 1 N–H and O–H groups in total. The molecule has 0 radical (unpaired) electrons. The zero-order valence-electron chi connectivity index (χ0n) is 16.8. The third-order valence-electron chi connectivity index (χ3n) is 5.48. The molecule has 0 aromatic heterocycles. The third kappa shape index (κ3) is 4.75. The molecule has 3 rings (SSSR count). The molecule has 29 heavy (non-hydrogen) atoms. The fraction of sp³-hybridized carbons (Fsp3) is 0.524. The molecule has 156 valence electrons. The van der Waals surface area contributed by atoms with Gasteiger partial charge in [-0.05, 0) is 50.3 Å². The second kappa shape index (κ2) is 9.07. The Bertz CT molecular complexity index is 776. The lowest BCUT2D eigenvalue weighted by Gasteiger charge is -2.36. The van der Waals surface area contributed by atoms with Gasteiger partial charge in [-0.15, -0.1) is 0 Å². The highest BCUT2D eigenvalue weighted by Crippen LogP contribution is 2.21. The maximum Gasteiger partial charge on any atom is 0.338 e. The van der Waals surface area contributed by atoms with Crippen molar-refractivity contribution in [2.45, 2.75) is 58.2 Å². The molecule has 8 nitrogen and oxygen atoms in total. The van der Waals surface area contributed by atoms with Gasteiger partial charge in [0, 0.05) is 12.6 Å². The van der Waals surface area contributed by atoms with Crippen LogP contribution in [0.1, 0.15) is 55.5 Å². The summed E-state index contributed by atoms with van der Waals surface area (Å²) in [6, 6.07) is 6.27. The van der Waals surface area contributed by atoms with Gasteiger partial charge in [-0.25, -0.2) is 9.59 Å². The van der Waals surface area contributed by atoms with Crippen molar-refractivity contribution in [2.24, 2.45) is 0 Å². The van der Waals surface area contributed by atoms with E-state index >= 15 is 0 Å². The molecule has 8 heteroatoms. The molecular formula is C21H27N3O5. The molecule has 2 atom stereocenters. The molecule has 2 saturated heterocycles. The van der Waals surface area contributed by atoms with E-state index in [-0.39, 0.29) is 30.9 Å².